The highest BCUT2D eigenvalue weighted by atomic mass is 16.5. The van der Waals surface area contributed by atoms with Crippen molar-refractivity contribution in [1.82, 2.24) is 10.2 Å². The third-order valence-electron chi connectivity index (χ3n) is 4.36. The Morgan fingerprint density at radius 3 is 2.71 bits per heavy atom. The molecule has 1 N–H and O–H groups in total. The molecule has 1 saturated heterocycles. The summed E-state index contributed by atoms with van der Waals surface area (Å²) in [4.78, 5) is 14.7. The number of ether oxygens (including phenoxy) is 1. The molecule has 1 aromatic rings. The number of benzene rings is 1. The highest BCUT2D eigenvalue weighted by Gasteiger charge is 2.34. The summed E-state index contributed by atoms with van der Waals surface area (Å²) in [7, 11) is 0. The van der Waals surface area contributed by atoms with Gasteiger partial charge in [-0.05, 0) is 62.9 Å². The van der Waals surface area contributed by atoms with Crippen molar-refractivity contribution < 1.29 is 9.53 Å². The fraction of sp³-hybridized carbons (Fsp3) is 0.588. The standard InChI is InChI=1S/C17H24N2O2/c1-2-21-16-7-3-14(4-8-16)17(20)18-11-13-9-10-19(12-13)15-5-6-15/h3-4,7-8,13,15H,2,5-6,9-12H2,1H3,(H,18,20). The first-order valence-corrected chi connectivity index (χ1v) is 8.01. The zero-order valence-electron chi connectivity index (χ0n) is 12.7. The van der Waals surface area contributed by atoms with Gasteiger partial charge < -0.3 is 15.0 Å². The lowest BCUT2D eigenvalue weighted by atomic mass is 10.1. The molecule has 0 aromatic heterocycles. The van der Waals surface area contributed by atoms with E-state index in [0.717, 1.165) is 24.9 Å². The van der Waals surface area contributed by atoms with Crippen LogP contribution < -0.4 is 10.1 Å². The van der Waals surface area contributed by atoms with Crippen molar-refractivity contribution in [2.75, 3.05) is 26.2 Å². The minimum Gasteiger partial charge on any atom is -0.494 e. The van der Waals surface area contributed by atoms with E-state index >= 15 is 0 Å². The predicted octanol–water partition coefficient (Wildman–Crippen LogP) is 2.30. The van der Waals surface area contributed by atoms with Crippen LogP contribution in [0.5, 0.6) is 5.75 Å². The average Bonchev–Trinajstić information content (AvgIpc) is 3.25. The van der Waals surface area contributed by atoms with Gasteiger partial charge in [0.2, 0.25) is 0 Å². The van der Waals surface area contributed by atoms with Crippen molar-refractivity contribution >= 4 is 5.91 Å². The fourth-order valence-electron chi connectivity index (χ4n) is 3.01. The van der Waals surface area contributed by atoms with Gasteiger partial charge in [-0.3, -0.25) is 4.79 Å². The molecule has 0 radical (unpaired) electrons. The van der Waals surface area contributed by atoms with E-state index < -0.39 is 0 Å². The molecule has 3 rings (SSSR count). The van der Waals surface area contributed by atoms with Crippen LogP contribution in [0.1, 0.15) is 36.5 Å². The number of carbonyl (C=O) groups excluding carboxylic acids is 1. The quantitative estimate of drug-likeness (QED) is 0.873. The monoisotopic (exact) mass is 288 g/mol. The molecule has 1 saturated carbocycles. The lowest BCUT2D eigenvalue weighted by Gasteiger charge is -2.15. The summed E-state index contributed by atoms with van der Waals surface area (Å²) in [5, 5.41) is 3.07. The molecule has 1 aromatic carbocycles. The van der Waals surface area contributed by atoms with Crippen LogP contribution in [-0.2, 0) is 0 Å². The first kappa shape index (κ1) is 14.4. The minimum atomic E-state index is 0.0166. The Morgan fingerprint density at radius 1 is 1.29 bits per heavy atom. The fourth-order valence-corrected chi connectivity index (χ4v) is 3.01. The van der Waals surface area contributed by atoms with E-state index in [2.05, 4.69) is 10.2 Å². The Morgan fingerprint density at radius 2 is 2.05 bits per heavy atom. The smallest absolute Gasteiger partial charge is 0.251 e. The van der Waals surface area contributed by atoms with Crippen molar-refractivity contribution in [3.63, 3.8) is 0 Å². The molecule has 4 nitrogen and oxygen atoms in total. The van der Waals surface area contributed by atoms with Crippen LogP contribution >= 0.6 is 0 Å². The second-order valence-electron chi connectivity index (χ2n) is 6.05. The van der Waals surface area contributed by atoms with Gasteiger partial charge in [0.25, 0.3) is 5.91 Å². The van der Waals surface area contributed by atoms with Gasteiger partial charge in [-0.15, -0.1) is 0 Å². The zero-order chi connectivity index (χ0) is 14.7. The van der Waals surface area contributed by atoms with Gasteiger partial charge in [0.15, 0.2) is 0 Å². The van der Waals surface area contributed by atoms with E-state index in [4.69, 9.17) is 4.74 Å². The van der Waals surface area contributed by atoms with E-state index in [-0.39, 0.29) is 5.91 Å². The third kappa shape index (κ3) is 3.76. The lowest BCUT2D eigenvalue weighted by Crippen LogP contribution is -2.31. The maximum Gasteiger partial charge on any atom is 0.251 e. The molecule has 21 heavy (non-hydrogen) atoms. The van der Waals surface area contributed by atoms with Crippen LogP contribution in [0.3, 0.4) is 0 Å². The van der Waals surface area contributed by atoms with Gasteiger partial charge in [0.05, 0.1) is 6.61 Å². The summed E-state index contributed by atoms with van der Waals surface area (Å²) < 4.78 is 5.38. The van der Waals surface area contributed by atoms with Crippen LogP contribution in [0.4, 0.5) is 0 Å². The van der Waals surface area contributed by atoms with Crippen LogP contribution in [0.2, 0.25) is 0 Å². The number of likely N-dealkylation sites (tertiary alicyclic amines) is 1. The molecule has 1 atom stereocenters. The summed E-state index contributed by atoms with van der Waals surface area (Å²) in [6.07, 6.45) is 3.94. The summed E-state index contributed by atoms with van der Waals surface area (Å²) in [5.41, 5.74) is 0.704. The Balaban J connectivity index is 1.45. The molecule has 114 valence electrons. The zero-order valence-corrected chi connectivity index (χ0v) is 12.7. The van der Waals surface area contributed by atoms with Crippen molar-refractivity contribution in [2.24, 2.45) is 5.92 Å². The largest absolute Gasteiger partial charge is 0.494 e. The number of rotatable bonds is 6. The van der Waals surface area contributed by atoms with Gasteiger partial charge in [0, 0.05) is 24.7 Å². The highest BCUT2D eigenvalue weighted by molar-refractivity contribution is 5.94. The molecule has 4 heteroatoms. The summed E-state index contributed by atoms with van der Waals surface area (Å²) in [6.45, 7) is 5.73. The van der Waals surface area contributed by atoms with Crippen LogP contribution in [0.15, 0.2) is 24.3 Å². The third-order valence-corrected chi connectivity index (χ3v) is 4.36. The molecule has 1 aliphatic carbocycles. The van der Waals surface area contributed by atoms with E-state index in [0.29, 0.717) is 18.1 Å². The van der Waals surface area contributed by atoms with E-state index in [1.807, 2.05) is 31.2 Å². The second-order valence-corrected chi connectivity index (χ2v) is 6.05. The van der Waals surface area contributed by atoms with Crippen molar-refractivity contribution in [3.8, 4) is 5.75 Å². The van der Waals surface area contributed by atoms with Crippen molar-refractivity contribution in [3.05, 3.63) is 29.8 Å². The van der Waals surface area contributed by atoms with Crippen LogP contribution in [0.25, 0.3) is 0 Å². The average molecular weight is 288 g/mol. The summed E-state index contributed by atoms with van der Waals surface area (Å²) in [6, 6.07) is 8.19. The maximum absolute atomic E-state index is 12.1. The number of hydrogen-bond acceptors (Lipinski definition) is 3. The van der Waals surface area contributed by atoms with Gasteiger partial charge in [-0.25, -0.2) is 0 Å². The first-order chi connectivity index (χ1) is 10.3. The van der Waals surface area contributed by atoms with Crippen molar-refractivity contribution in [2.45, 2.75) is 32.2 Å². The Kier molecular flexibility index (Phi) is 4.44. The molecule has 1 unspecified atom stereocenters. The molecule has 0 bridgehead atoms. The normalized spacial score (nSPS) is 22.2. The summed E-state index contributed by atoms with van der Waals surface area (Å²) >= 11 is 0. The molecule has 2 aliphatic rings. The van der Waals surface area contributed by atoms with Crippen LogP contribution in [-0.4, -0.2) is 43.1 Å². The molecule has 1 aliphatic heterocycles. The Bertz CT molecular complexity index is 482. The number of carbonyl (C=O) groups is 1. The number of nitrogens with zero attached hydrogens (tertiary/aromatic N) is 1. The summed E-state index contributed by atoms with van der Waals surface area (Å²) in [5.74, 6) is 1.44. The Labute approximate surface area is 126 Å². The predicted molar refractivity (Wildman–Crippen MR) is 82.6 cm³/mol. The number of hydrogen-bond donors (Lipinski definition) is 1. The minimum absolute atomic E-state index is 0.0166. The number of amides is 1. The van der Waals surface area contributed by atoms with Gasteiger partial charge >= 0.3 is 0 Å². The molecule has 2 fully saturated rings. The first-order valence-electron chi connectivity index (χ1n) is 8.01. The van der Waals surface area contributed by atoms with Gasteiger partial charge in [-0.2, -0.15) is 0 Å². The number of nitrogens with one attached hydrogen (secondary N) is 1. The second kappa shape index (κ2) is 6.48. The maximum atomic E-state index is 12.1. The molecule has 1 amide bonds. The van der Waals surface area contributed by atoms with Gasteiger partial charge in [0.1, 0.15) is 5.75 Å². The molecular weight excluding hydrogens is 264 g/mol. The van der Waals surface area contributed by atoms with E-state index in [1.54, 1.807) is 0 Å². The highest BCUT2D eigenvalue weighted by Crippen LogP contribution is 2.31. The van der Waals surface area contributed by atoms with Crippen LogP contribution in [0, 0.1) is 5.92 Å². The Hall–Kier alpha value is -1.55. The molecule has 1 heterocycles. The van der Waals surface area contributed by atoms with Crippen molar-refractivity contribution in [1.29, 1.82) is 0 Å². The lowest BCUT2D eigenvalue weighted by molar-refractivity contribution is 0.0947. The van der Waals surface area contributed by atoms with E-state index in [9.17, 15) is 4.79 Å². The molecular formula is C17H24N2O2. The van der Waals surface area contributed by atoms with Gasteiger partial charge in [-0.1, -0.05) is 0 Å². The van der Waals surface area contributed by atoms with E-state index in [1.165, 1.54) is 25.8 Å². The topological polar surface area (TPSA) is 41.6 Å². The SMILES string of the molecule is CCOc1ccc(C(=O)NCC2CCN(C3CC3)C2)cc1. The molecule has 0 spiro atoms.